The molecule has 0 amide bonds. The van der Waals surface area contributed by atoms with E-state index in [1.165, 1.54) is 24.8 Å². The Labute approximate surface area is 138 Å². The maximum Gasteiger partial charge on any atom is 0.147 e. The third kappa shape index (κ3) is 2.25. The van der Waals surface area contributed by atoms with Crippen LogP contribution in [-0.2, 0) is 4.57 Å². The number of rotatable bonds is 2. The molecule has 1 heterocycles. The average Bonchev–Trinajstić information content (AvgIpc) is 2.86. The molecule has 0 unspecified atom stereocenters. The van der Waals surface area contributed by atoms with Crippen LogP contribution in [0.15, 0.2) is 66.2 Å². The first kappa shape index (κ1) is 15.0. The Morgan fingerprint density at radius 1 is 0.870 bits per heavy atom. The SMILES string of the molecule is CC1=C(c2ccccc2)[P@@](=O)(c2ccccc2)[C@H]2CCCC[C@@H]12. The molecule has 0 N–H and O–H groups in total. The molecule has 0 spiro atoms. The van der Waals surface area contributed by atoms with Crippen molar-refractivity contribution in [1.82, 2.24) is 0 Å². The minimum Gasteiger partial charge on any atom is -0.313 e. The molecule has 0 saturated heterocycles. The lowest BCUT2D eigenvalue weighted by Crippen LogP contribution is -2.24. The van der Waals surface area contributed by atoms with Crippen molar-refractivity contribution in [2.75, 3.05) is 0 Å². The van der Waals surface area contributed by atoms with Gasteiger partial charge in [0.25, 0.3) is 0 Å². The first-order valence-corrected chi connectivity index (χ1v) is 10.4. The van der Waals surface area contributed by atoms with Crippen molar-refractivity contribution in [1.29, 1.82) is 0 Å². The summed E-state index contributed by atoms with van der Waals surface area (Å²) in [5, 5.41) is 2.20. The van der Waals surface area contributed by atoms with Crippen LogP contribution in [0.5, 0.6) is 0 Å². The summed E-state index contributed by atoms with van der Waals surface area (Å²) in [4.78, 5) is 0. The van der Waals surface area contributed by atoms with E-state index in [0.29, 0.717) is 11.6 Å². The normalized spacial score (nSPS) is 30.3. The average molecular weight is 322 g/mol. The summed E-state index contributed by atoms with van der Waals surface area (Å²) < 4.78 is 14.5. The summed E-state index contributed by atoms with van der Waals surface area (Å²) in [6.07, 6.45) is 4.79. The van der Waals surface area contributed by atoms with Gasteiger partial charge < -0.3 is 4.57 Å². The molecule has 3 atom stereocenters. The van der Waals surface area contributed by atoms with Crippen molar-refractivity contribution in [3.63, 3.8) is 0 Å². The van der Waals surface area contributed by atoms with Gasteiger partial charge in [-0.1, -0.05) is 79.1 Å². The Balaban J connectivity index is 1.95. The number of hydrogen-bond acceptors (Lipinski definition) is 1. The van der Waals surface area contributed by atoms with Crippen molar-refractivity contribution in [2.24, 2.45) is 5.92 Å². The molecule has 2 aromatic carbocycles. The van der Waals surface area contributed by atoms with Gasteiger partial charge in [-0.05, 0) is 31.2 Å². The minimum atomic E-state index is -2.56. The van der Waals surface area contributed by atoms with Gasteiger partial charge in [-0.2, -0.15) is 0 Å². The Kier molecular flexibility index (Phi) is 3.77. The molecule has 1 fully saturated rings. The monoisotopic (exact) mass is 322 g/mol. The molecule has 0 aromatic heterocycles. The van der Waals surface area contributed by atoms with Gasteiger partial charge >= 0.3 is 0 Å². The maximum absolute atomic E-state index is 14.5. The van der Waals surface area contributed by atoms with E-state index in [4.69, 9.17) is 0 Å². The van der Waals surface area contributed by atoms with Gasteiger partial charge in [0, 0.05) is 16.3 Å². The standard InChI is InChI=1S/C21H23OP/c1-16-19-14-8-9-15-20(19)23(22,18-12-6-3-7-13-18)21(16)17-10-4-2-5-11-17/h2-7,10-13,19-20H,8-9,14-15H2,1H3/t19-,20-,23+/m0/s1. The lowest BCUT2D eigenvalue weighted by molar-refractivity contribution is 0.409. The highest BCUT2D eigenvalue weighted by molar-refractivity contribution is 7.82. The zero-order chi connectivity index (χ0) is 15.9. The predicted molar refractivity (Wildman–Crippen MR) is 98.5 cm³/mol. The summed E-state index contributed by atoms with van der Waals surface area (Å²) in [5.74, 6) is 0.505. The topological polar surface area (TPSA) is 17.1 Å². The number of allylic oxidation sites excluding steroid dienone is 1. The van der Waals surface area contributed by atoms with Crippen molar-refractivity contribution in [2.45, 2.75) is 38.3 Å². The second-order valence-corrected chi connectivity index (χ2v) is 9.79. The van der Waals surface area contributed by atoms with E-state index in [1.807, 2.05) is 24.3 Å². The lowest BCUT2D eigenvalue weighted by Gasteiger charge is -2.31. The highest BCUT2D eigenvalue weighted by Crippen LogP contribution is 2.72. The van der Waals surface area contributed by atoms with E-state index in [9.17, 15) is 4.57 Å². The third-order valence-corrected chi connectivity index (χ3v) is 9.54. The Morgan fingerprint density at radius 3 is 2.17 bits per heavy atom. The molecular formula is C21H23OP. The Bertz CT molecular complexity index is 776. The fraction of sp³-hybridized carbons (Fsp3) is 0.333. The molecule has 23 heavy (non-hydrogen) atoms. The number of fused-ring (bicyclic) bond motifs is 1. The quantitative estimate of drug-likeness (QED) is 0.650. The second-order valence-electron chi connectivity index (χ2n) is 6.85. The smallest absolute Gasteiger partial charge is 0.147 e. The van der Waals surface area contributed by atoms with Gasteiger partial charge in [0.05, 0.1) is 0 Å². The Hall–Kier alpha value is -1.59. The molecule has 2 heteroatoms. The molecule has 4 rings (SSSR count). The van der Waals surface area contributed by atoms with Crippen LogP contribution in [0.4, 0.5) is 0 Å². The van der Waals surface area contributed by atoms with Crippen molar-refractivity contribution in [3.05, 3.63) is 71.8 Å². The van der Waals surface area contributed by atoms with Crippen LogP contribution < -0.4 is 5.30 Å². The molecule has 1 saturated carbocycles. The van der Waals surface area contributed by atoms with Gasteiger partial charge in [0.2, 0.25) is 0 Å². The van der Waals surface area contributed by atoms with Gasteiger partial charge in [0.15, 0.2) is 0 Å². The van der Waals surface area contributed by atoms with E-state index in [1.54, 1.807) is 0 Å². The predicted octanol–water partition coefficient (Wildman–Crippen LogP) is 5.68. The molecule has 1 aliphatic heterocycles. The van der Waals surface area contributed by atoms with Crippen LogP contribution in [0.1, 0.15) is 38.2 Å². The maximum atomic E-state index is 14.5. The number of hydrogen-bond donors (Lipinski definition) is 0. The van der Waals surface area contributed by atoms with Gasteiger partial charge in [-0.25, -0.2) is 0 Å². The minimum absolute atomic E-state index is 0.314. The lowest BCUT2D eigenvalue weighted by atomic mass is 9.83. The highest BCUT2D eigenvalue weighted by Gasteiger charge is 2.50. The van der Waals surface area contributed by atoms with Crippen molar-refractivity contribution in [3.8, 4) is 0 Å². The first-order chi connectivity index (χ1) is 11.2. The van der Waals surface area contributed by atoms with E-state index in [0.717, 1.165) is 22.6 Å². The third-order valence-electron chi connectivity index (χ3n) is 5.65. The fourth-order valence-electron chi connectivity index (χ4n) is 4.64. The van der Waals surface area contributed by atoms with Crippen LogP contribution >= 0.6 is 7.14 Å². The summed E-state index contributed by atoms with van der Waals surface area (Å²) in [6, 6.07) is 20.7. The van der Waals surface area contributed by atoms with Crippen LogP contribution in [0, 0.1) is 5.92 Å². The molecular weight excluding hydrogens is 299 g/mol. The number of benzene rings is 2. The van der Waals surface area contributed by atoms with E-state index >= 15 is 0 Å². The second kappa shape index (κ2) is 5.80. The van der Waals surface area contributed by atoms with Gasteiger partial charge in [0.1, 0.15) is 7.14 Å². The highest BCUT2D eigenvalue weighted by atomic mass is 31.2. The molecule has 0 bridgehead atoms. The van der Waals surface area contributed by atoms with Gasteiger partial charge in [-0.15, -0.1) is 0 Å². The molecule has 1 aliphatic carbocycles. The fourth-order valence-corrected chi connectivity index (χ4v) is 8.88. The molecule has 1 nitrogen and oxygen atoms in total. The van der Waals surface area contributed by atoms with Crippen LogP contribution in [-0.4, -0.2) is 5.66 Å². The summed E-state index contributed by atoms with van der Waals surface area (Å²) in [5.41, 5.74) is 2.86. The van der Waals surface area contributed by atoms with Crippen LogP contribution in [0.25, 0.3) is 5.31 Å². The van der Waals surface area contributed by atoms with Crippen molar-refractivity contribution < 1.29 is 4.57 Å². The van der Waals surface area contributed by atoms with Gasteiger partial charge in [-0.3, -0.25) is 0 Å². The summed E-state index contributed by atoms with van der Waals surface area (Å²) >= 11 is 0. The van der Waals surface area contributed by atoms with E-state index in [-0.39, 0.29) is 0 Å². The van der Waals surface area contributed by atoms with Crippen molar-refractivity contribution >= 4 is 17.8 Å². The molecule has 2 aliphatic rings. The van der Waals surface area contributed by atoms with Crippen LogP contribution in [0.3, 0.4) is 0 Å². The first-order valence-electron chi connectivity index (χ1n) is 8.65. The Morgan fingerprint density at radius 2 is 1.48 bits per heavy atom. The van der Waals surface area contributed by atoms with E-state index < -0.39 is 7.14 Å². The largest absolute Gasteiger partial charge is 0.313 e. The zero-order valence-electron chi connectivity index (χ0n) is 13.6. The van der Waals surface area contributed by atoms with Crippen LogP contribution in [0.2, 0.25) is 0 Å². The molecule has 2 aromatic rings. The summed E-state index contributed by atoms with van der Waals surface area (Å²) in [7, 11) is -2.56. The molecule has 0 radical (unpaired) electrons. The zero-order valence-corrected chi connectivity index (χ0v) is 14.5. The summed E-state index contributed by atoms with van der Waals surface area (Å²) in [6.45, 7) is 2.23. The molecule has 118 valence electrons. The van der Waals surface area contributed by atoms with E-state index in [2.05, 4.69) is 43.3 Å².